The highest BCUT2D eigenvalue weighted by atomic mass is 16.5. The van der Waals surface area contributed by atoms with Crippen LogP contribution in [0.25, 0.3) is 11.0 Å². The van der Waals surface area contributed by atoms with Gasteiger partial charge in [-0.3, -0.25) is 4.79 Å². The Labute approximate surface area is 147 Å². The molecule has 3 aromatic rings. The topological polar surface area (TPSA) is 51.5 Å². The van der Waals surface area contributed by atoms with Crippen molar-refractivity contribution in [2.45, 2.75) is 33.9 Å². The number of rotatable bonds is 5. The maximum atomic E-state index is 12.7. The molecule has 4 nitrogen and oxygen atoms in total. The quantitative estimate of drug-likeness (QED) is 0.749. The van der Waals surface area contributed by atoms with Crippen molar-refractivity contribution < 1.29 is 13.9 Å². The molecule has 0 aliphatic carbocycles. The van der Waals surface area contributed by atoms with Crippen LogP contribution in [0.3, 0.4) is 0 Å². The predicted octanol–water partition coefficient (Wildman–Crippen LogP) is 4.43. The maximum Gasteiger partial charge on any atom is 0.287 e. The van der Waals surface area contributed by atoms with Gasteiger partial charge in [0, 0.05) is 24.6 Å². The second-order valence-corrected chi connectivity index (χ2v) is 6.34. The van der Waals surface area contributed by atoms with Crippen LogP contribution in [-0.4, -0.2) is 13.0 Å². The fourth-order valence-electron chi connectivity index (χ4n) is 3.17. The first-order valence-electron chi connectivity index (χ1n) is 8.36. The van der Waals surface area contributed by atoms with Crippen LogP contribution >= 0.6 is 0 Å². The van der Waals surface area contributed by atoms with Gasteiger partial charge in [-0.15, -0.1) is 0 Å². The van der Waals surface area contributed by atoms with Gasteiger partial charge < -0.3 is 14.5 Å². The lowest BCUT2D eigenvalue weighted by Crippen LogP contribution is -2.23. The van der Waals surface area contributed by atoms with E-state index in [1.54, 1.807) is 7.11 Å². The fraction of sp³-hybridized carbons (Fsp3) is 0.286. The summed E-state index contributed by atoms with van der Waals surface area (Å²) >= 11 is 0. The first-order valence-corrected chi connectivity index (χ1v) is 8.36. The molecule has 0 atom stereocenters. The molecule has 2 aromatic carbocycles. The van der Waals surface area contributed by atoms with Crippen molar-refractivity contribution in [3.05, 3.63) is 70.0 Å². The molecule has 0 aliphatic heterocycles. The molecule has 0 unspecified atom stereocenters. The van der Waals surface area contributed by atoms with Gasteiger partial charge in [-0.05, 0) is 43.0 Å². The second-order valence-electron chi connectivity index (χ2n) is 6.34. The zero-order chi connectivity index (χ0) is 18.0. The standard InChI is InChI=1S/C21H23NO3/c1-13-9-10-14(2)19-18(13)15(3)20(25-19)21(23)22-11-16-7-5-6-8-17(16)12-24-4/h5-10H,11-12H2,1-4H3,(H,22,23). The Morgan fingerprint density at radius 1 is 1.04 bits per heavy atom. The van der Waals surface area contributed by atoms with Crippen molar-refractivity contribution in [3.63, 3.8) is 0 Å². The summed E-state index contributed by atoms with van der Waals surface area (Å²) in [7, 11) is 1.66. The van der Waals surface area contributed by atoms with Gasteiger partial charge in [-0.2, -0.15) is 0 Å². The summed E-state index contributed by atoms with van der Waals surface area (Å²) in [5, 5.41) is 4.00. The lowest BCUT2D eigenvalue weighted by molar-refractivity contribution is 0.0924. The number of carbonyl (C=O) groups excluding carboxylic acids is 1. The van der Waals surface area contributed by atoms with Crippen LogP contribution in [0.1, 0.15) is 38.4 Å². The summed E-state index contributed by atoms with van der Waals surface area (Å²) in [6, 6.07) is 12.0. The summed E-state index contributed by atoms with van der Waals surface area (Å²) in [6.45, 7) is 6.92. The van der Waals surface area contributed by atoms with E-state index in [-0.39, 0.29) is 5.91 Å². The minimum absolute atomic E-state index is 0.195. The van der Waals surface area contributed by atoms with Gasteiger partial charge in [0.2, 0.25) is 0 Å². The van der Waals surface area contributed by atoms with Crippen LogP contribution in [0.4, 0.5) is 0 Å². The summed E-state index contributed by atoms with van der Waals surface area (Å²) in [4.78, 5) is 12.7. The second kappa shape index (κ2) is 7.11. The third-order valence-electron chi connectivity index (χ3n) is 4.55. The molecule has 25 heavy (non-hydrogen) atoms. The molecule has 1 heterocycles. The monoisotopic (exact) mass is 337 g/mol. The minimum atomic E-state index is -0.195. The summed E-state index contributed by atoms with van der Waals surface area (Å²) in [5.41, 5.74) is 5.94. The van der Waals surface area contributed by atoms with E-state index in [1.807, 2.05) is 51.1 Å². The molecule has 0 fully saturated rings. The van der Waals surface area contributed by atoms with Crippen molar-refractivity contribution in [3.8, 4) is 0 Å². The molecule has 1 amide bonds. The lowest BCUT2D eigenvalue weighted by Gasteiger charge is -2.09. The molecule has 4 heteroatoms. The van der Waals surface area contributed by atoms with E-state index in [2.05, 4.69) is 11.4 Å². The molecular formula is C21H23NO3. The summed E-state index contributed by atoms with van der Waals surface area (Å²) in [5.74, 6) is 0.191. The lowest BCUT2D eigenvalue weighted by atomic mass is 10.0. The fourth-order valence-corrected chi connectivity index (χ4v) is 3.17. The van der Waals surface area contributed by atoms with Gasteiger partial charge >= 0.3 is 0 Å². The van der Waals surface area contributed by atoms with Crippen molar-refractivity contribution in [1.82, 2.24) is 5.32 Å². The Morgan fingerprint density at radius 2 is 1.72 bits per heavy atom. The zero-order valence-electron chi connectivity index (χ0n) is 15.1. The van der Waals surface area contributed by atoms with E-state index in [4.69, 9.17) is 9.15 Å². The molecule has 0 radical (unpaired) electrons. The van der Waals surface area contributed by atoms with Gasteiger partial charge in [0.05, 0.1) is 6.61 Å². The minimum Gasteiger partial charge on any atom is -0.450 e. The summed E-state index contributed by atoms with van der Waals surface area (Å²) < 4.78 is 11.1. The highest BCUT2D eigenvalue weighted by Gasteiger charge is 2.20. The third kappa shape index (κ3) is 3.30. The van der Waals surface area contributed by atoms with Crippen molar-refractivity contribution in [2.24, 2.45) is 0 Å². The van der Waals surface area contributed by atoms with Crippen LogP contribution in [0.15, 0.2) is 40.8 Å². The van der Waals surface area contributed by atoms with Crippen LogP contribution in [0.2, 0.25) is 0 Å². The van der Waals surface area contributed by atoms with Gasteiger partial charge in [-0.25, -0.2) is 0 Å². The van der Waals surface area contributed by atoms with E-state index in [1.165, 1.54) is 0 Å². The van der Waals surface area contributed by atoms with E-state index >= 15 is 0 Å². The van der Waals surface area contributed by atoms with E-state index < -0.39 is 0 Å². The molecule has 3 rings (SSSR count). The molecule has 0 aliphatic rings. The number of fused-ring (bicyclic) bond motifs is 1. The molecule has 130 valence electrons. The van der Waals surface area contributed by atoms with E-state index in [0.717, 1.165) is 38.8 Å². The maximum absolute atomic E-state index is 12.7. The number of hydrogen-bond donors (Lipinski definition) is 1. The summed E-state index contributed by atoms with van der Waals surface area (Å²) in [6.07, 6.45) is 0. The normalized spacial score (nSPS) is 11.0. The molecule has 0 spiro atoms. The number of carbonyl (C=O) groups is 1. The van der Waals surface area contributed by atoms with Crippen molar-refractivity contribution in [2.75, 3.05) is 7.11 Å². The van der Waals surface area contributed by atoms with Crippen LogP contribution < -0.4 is 5.32 Å². The largest absolute Gasteiger partial charge is 0.450 e. The smallest absolute Gasteiger partial charge is 0.287 e. The average molecular weight is 337 g/mol. The SMILES string of the molecule is COCc1ccccc1CNC(=O)c1oc2c(C)ccc(C)c2c1C. The van der Waals surface area contributed by atoms with E-state index in [0.29, 0.717) is 18.9 Å². The van der Waals surface area contributed by atoms with Gasteiger partial charge in [0.25, 0.3) is 5.91 Å². The first kappa shape index (κ1) is 17.2. The Kier molecular flexibility index (Phi) is 4.91. The molecule has 1 N–H and O–H groups in total. The number of methoxy groups -OCH3 is 1. The van der Waals surface area contributed by atoms with Gasteiger partial charge in [0.15, 0.2) is 5.76 Å². The number of nitrogens with one attached hydrogen (secondary N) is 1. The van der Waals surface area contributed by atoms with Crippen LogP contribution in [-0.2, 0) is 17.9 Å². The Morgan fingerprint density at radius 3 is 2.40 bits per heavy atom. The third-order valence-corrected chi connectivity index (χ3v) is 4.55. The number of amides is 1. The molecule has 0 saturated heterocycles. The number of aryl methyl sites for hydroxylation is 3. The molecular weight excluding hydrogens is 314 g/mol. The first-order chi connectivity index (χ1) is 12.0. The number of ether oxygens (including phenoxy) is 1. The zero-order valence-corrected chi connectivity index (χ0v) is 15.1. The average Bonchev–Trinajstić information content (AvgIpc) is 2.96. The Balaban J connectivity index is 1.85. The van der Waals surface area contributed by atoms with Crippen molar-refractivity contribution in [1.29, 1.82) is 0 Å². The molecule has 0 bridgehead atoms. The van der Waals surface area contributed by atoms with Gasteiger partial charge in [0.1, 0.15) is 5.58 Å². The van der Waals surface area contributed by atoms with Crippen LogP contribution in [0.5, 0.6) is 0 Å². The van der Waals surface area contributed by atoms with Crippen LogP contribution in [0, 0.1) is 20.8 Å². The number of hydrogen-bond acceptors (Lipinski definition) is 3. The highest BCUT2D eigenvalue weighted by molar-refractivity contribution is 6.00. The highest BCUT2D eigenvalue weighted by Crippen LogP contribution is 2.30. The van der Waals surface area contributed by atoms with E-state index in [9.17, 15) is 4.79 Å². The molecule has 1 aromatic heterocycles. The predicted molar refractivity (Wildman–Crippen MR) is 98.8 cm³/mol. The number of benzene rings is 2. The Hall–Kier alpha value is -2.59. The number of furan rings is 1. The van der Waals surface area contributed by atoms with Gasteiger partial charge in [-0.1, -0.05) is 36.4 Å². The Bertz CT molecular complexity index is 924. The van der Waals surface area contributed by atoms with Crippen molar-refractivity contribution >= 4 is 16.9 Å². The molecule has 0 saturated carbocycles.